The smallest absolute Gasteiger partial charge is 0.227 e. The maximum atomic E-state index is 12.9. The summed E-state index contributed by atoms with van der Waals surface area (Å²) < 4.78 is 0. The Labute approximate surface area is 164 Å². The summed E-state index contributed by atoms with van der Waals surface area (Å²) in [6, 6.07) is 19.1. The molecule has 0 fully saturated rings. The maximum Gasteiger partial charge on any atom is 0.227 e. The first-order chi connectivity index (χ1) is 13.7. The molecule has 0 aliphatic carbocycles. The summed E-state index contributed by atoms with van der Waals surface area (Å²) in [4.78, 5) is 31.3. The van der Waals surface area contributed by atoms with E-state index in [9.17, 15) is 9.59 Å². The molecular weight excluding hydrogens is 350 g/mol. The highest BCUT2D eigenvalue weighted by Crippen LogP contribution is 2.14. The number of rotatable bonds is 9. The minimum atomic E-state index is -0.601. The summed E-state index contributed by atoms with van der Waals surface area (Å²) in [5, 5.41) is 2.86. The molecule has 0 aliphatic heterocycles. The molecule has 0 aliphatic rings. The summed E-state index contributed by atoms with van der Waals surface area (Å²) in [6.07, 6.45) is 8.76. The molecule has 3 aromatic rings. The highest BCUT2D eigenvalue weighted by atomic mass is 16.2. The van der Waals surface area contributed by atoms with E-state index in [1.54, 1.807) is 12.5 Å². The van der Waals surface area contributed by atoms with Crippen LogP contribution in [0.25, 0.3) is 6.08 Å². The third kappa shape index (κ3) is 5.77. The molecule has 5 heteroatoms. The SMILES string of the molecule is O=CC(Cc1cnc[nH]1)NC(=O)C(/C=C/c1ccccc1)Cc1ccccc1. The van der Waals surface area contributed by atoms with Crippen LogP contribution in [0.5, 0.6) is 0 Å². The largest absolute Gasteiger partial charge is 0.348 e. The van der Waals surface area contributed by atoms with E-state index >= 15 is 0 Å². The van der Waals surface area contributed by atoms with Crippen molar-refractivity contribution in [3.8, 4) is 0 Å². The fourth-order valence-electron chi connectivity index (χ4n) is 2.96. The number of aromatic amines is 1. The Hall–Kier alpha value is -3.47. The van der Waals surface area contributed by atoms with Crippen molar-refractivity contribution in [1.29, 1.82) is 0 Å². The molecule has 2 aromatic carbocycles. The van der Waals surface area contributed by atoms with E-state index in [4.69, 9.17) is 0 Å². The predicted molar refractivity (Wildman–Crippen MR) is 109 cm³/mol. The lowest BCUT2D eigenvalue weighted by molar-refractivity contribution is -0.126. The third-order valence-corrected chi connectivity index (χ3v) is 4.44. The van der Waals surface area contributed by atoms with E-state index in [1.165, 1.54) is 0 Å². The Bertz CT molecular complexity index is 890. The van der Waals surface area contributed by atoms with Gasteiger partial charge in [0.1, 0.15) is 6.29 Å². The van der Waals surface area contributed by atoms with Crippen molar-refractivity contribution >= 4 is 18.3 Å². The van der Waals surface area contributed by atoms with Crippen LogP contribution < -0.4 is 5.32 Å². The minimum Gasteiger partial charge on any atom is -0.348 e. The summed E-state index contributed by atoms with van der Waals surface area (Å²) in [7, 11) is 0. The van der Waals surface area contributed by atoms with E-state index in [2.05, 4.69) is 15.3 Å². The summed E-state index contributed by atoms with van der Waals surface area (Å²) >= 11 is 0. The highest BCUT2D eigenvalue weighted by Gasteiger charge is 2.20. The summed E-state index contributed by atoms with van der Waals surface area (Å²) in [5.74, 6) is -0.556. The van der Waals surface area contributed by atoms with Gasteiger partial charge < -0.3 is 15.1 Å². The number of hydrogen-bond acceptors (Lipinski definition) is 3. The van der Waals surface area contributed by atoms with Crippen molar-refractivity contribution in [1.82, 2.24) is 15.3 Å². The molecule has 0 radical (unpaired) electrons. The Balaban J connectivity index is 1.73. The van der Waals surface area contributed by atoms with Gasteiger partial charge in [-0.3, -0.25) is 4.79 Å². The van der Waals surface area contributed by atoms with Crippen LogP contribution in [0.3, 0.4) is 0 Å². The third-order valence-electron chi connectivity index (χ3n) is 4.44. The first kappa shape index (κ1) is 19.3. The molecule has 5 nitrogen and oxygen atoms in total. The zero-order chi connectivity index (χ0) is 19.6. The fourth-order valence-corrected chi connectivity index (χ4v) is 2.96. The minimum absolute atomic E-state index is 0.173. The molecule has 0 saturated carbocycles. The number of nitrogens with one attached hydrogen (secondary N) is 2. The number of imidazole rings is 1. The Morgan fingerprint density at radius 2 is 1.75 bits per heavy atom. The standard InChI is InChI=1S/C23H23N3O2/c27-16-22(14-21-15-24-17-25-21)26-23(28)20(13-19-9-5-2-6-10-19)12-11-18-7-3-1-4-8-18/h1-12,15-17,20,22H,13-14H2,(H,24,25)(H,26,28)/b12-11+. The van der Waals surface area contributed by atoms with Gasteiger partial charge in [-0.15, -0.1) is 0 Å². The van der Waals surface area contributed by atoms with Gasteiger partial charge in [0.2, 0.25) is 5.91 Å². The fraction of sp³-hybridized carbons (Fsp3) is 0.174. The number of amides is 1. The van der Waals surface area contributed by atoms with Crippen molar-refractivity contribution in [3.63, 3.8) is 0 Å². The van der Waals surface area contributed by atoms with E-state index in [0.29, 0.717) is 12.8 Å². The number of carbonyl (C=O) groups excluding carboxylic acids is 2. The van der Waals surface area contributed by atoms with Gasteiger partial charge in [-0.05, 0) is 17.5 Å². The molecule has 142 valence electrons. The number of aromatic nitrogens is 2. The van der Waals surface area contributed by atoms with Crippen LogP contribution >= 0.6 is 0 Å². The average Bonchev–Trinajstić information content (AvgIpc) is 3.25. The molecule has 3 rings (SSSR count). The zero-order valence-electron chi connectivity index (χ0n) is 15.5. The van der Waals surface area contributed by atoms with Gasteiger partial charge >= 0.3 is 0 Å². The lowest BCUT2D eigenvalue weighted by Gasteiger charge is -2.17. The van der Waals surface area contributed by atoms with Gasteiger partial charge in [0.05, 0.1) is 18.3 Å². The number of aldehydes is 1. The normalized spacial score (nSPS) is 13.1. The first-order valence-corrected chi connectivity index (χ1v) is 9.24. The van der Waals surface area contributed by atoms with Crippen molar-refractivity contribution in [3.05, 3.63) is 96.1 Å². The van der Waals surface area contributed by atoms with Gasteiger partial charge in [0.15, 0.2) is 0 Å². The molecule has 1 amide bonds. The molecule has 2 atom stereocenters. The molecular formula is C23H23N3O2. The predicted octanol–water partition coefficient (Wildman–Crippen LogP) is 3.21. The van der Waals surface area contributed by atoms with Gasteiger partial charge in [0.25, 0.3) is 0 Å². The lowest BCUT2D eigenvalue weighted by atomic mass is 9.96. The molecule has 0 spiro atoms. The molecule has 1 aromatic heterocycles. The number of carbonyl (C=O) groups is 2. The number of hydrogen-bond donors (Lipinski definition) is 2. The van der Waals surface area contributed by atoms with Crippen LogP contribution in [0.15, 0.2) is 79.3 Å². The maximum absolute atomic E-state index is 12.9. The van der Waals surface area contributed by atoms with Crippen molar-refractivity contribution < 1.29 is 9.59 Å². The molecule has 0 saturated heterocycles. The van der Waals surface area contributed by atoms with Gasteiger partial charge in [-0.2, -0.15) is 0 Å². The monoisotopic (exact) mass is 373 g/mol. The second-order valence-corrected chi connectivity index (χ2v) is 6.60. The van der Waals surface area contributed by atoms with Gasteiger partial charge in [-0.1, -0.05) is 72.8 Å². The van der Waals surface area contributed by atoms with E-state index in [-0.39, 0.29) is 11.8 Å². The number of H-pyrrole nitrogens is 1. The summed E-state index contributed by atoms with van der Waals surface area (Å²) in [5.41, 5.74) is 2.89. The number of nitrogens with zero attached hydrogens (tertiary/aromatic N) is 1. The Kier molecular flexibility index (Phi) is 6.90. The zero-order valence-corrected chi connectivity index (χ0v) is 15.5. The van der Waals surface area contributed by atoms with E-state index in [0.717, 1.165) is 23.1 Å². The van der Waals surface area contributed by atoms with E-state index in [1.807, 2.05) is 72.8 Å². The quantitative estimate of drug-likeness (QED) is 0.566. The van der Waals surface area contributed by atoms with Crippen LogP contribution in [0.4, 0.5) is 0 Å². The van der Waals surface area contributed by atoms with Crippen LogP contribution in [0, 0.1) is 5.92 Å². The molecule has 28 heavy (non-hydrogen) atoms. The second-order valence-electron chi connectivity index (χ2n) is 6.60. The molecule has 1 heterocycles. The molecule has 0 bridgehead atoms. The van der Waals surface area contributed by atoms with Crippen molar-refractivity contribution in [2.24, 2.45) is 5.92 Å². The van der Waals surface area contributed by atoms with Crippen LogP contribution in [-0.2, 0) is 22.4 Å². The van der Waals surface area contributed by atoms with Gasteiger partial charge in [-0.25, -0.2) is 4.98 Å². The van der Waals surface area contributed by atoms with Gasteiger partial charge in [0, 0.05) is 18.3 Å². The summed E-state index contributed by atoms with van der Waals surface area (Å²) in [6.45, 7) is 0. The van der Waals surface area contributed by atoms with Crippen molar-refractivity contribution in [2.75, 3.05) is 0 Å². The van der Waals surface area contributed by atoms with Crippen molar-refractivity contribution in [2.45, 2.75) is 18.9 Å². The topological polar surface area (TPSA) is 74.8 Å². The van der Waals surface area contributed by atoms with Crippen LogP contribution in [0.1, 0.15) is 16.8 Å². The van der Waals surface area contributed by atoms with E-state index < -0.39 is 6.04 Å². The average molecular weight is 373 g/mol. The first-order valence-electron chi connectivity index (χ1n) is 9.24. The van der Waals surface area contributed by atoms with Crippen LogP contribution in [-0.4, -0.2) is 28.2 Å². The highest BCUT2D eigenvalue weighted by molar-refractivity contribution is 5.84. The lowest BCUT2D eigenvalue weighted by Crippen LogP contribution is -2.41. The number of benzene rings is 2. The molecule has 2 unspecified atom stereocenters. The second kappa shape index (κ2) is 10.0. The Morgan fingerprint density at radius 1 is 1.04 bits per heavy atom. The van der Waals surface area contributed by atoms with Crippen LogP contribution in [0.2, 0.25) is 0 Å². The molecule has 2 N–H and O–H groups in total. The Morgan fingerprint density at radius 3 is 2.39 bits per heavy atom.